The van der Waals surface area contributed by atoms with E-state index in [2.05, 4.69) is 56.8 Å². The average molecular weight is 684 g/mol. The van der Waals surface area contributed by atoms with Gasteiger partial charge in [-0.1, -0.05) is 17.0 Å². The van der Waals surface area contributed by atoms with Crippen LogP contribution in [-0.4, -0.2) is 77.8 Å². The lowest BCUT2D eigenvalue weighted by atomic mass is 10.2. The summed E-state index contributed by atoms with van der Waals surface area (Å²) in [5.74, 6) is -0.0827. The molecule has 0 aliphatic carbocycles. The predicted octanol–water partition coefficient (Wildman–Crippen LogP) is 6.37. The number of hydrogen-bond acceptors (Lipinski definition) is 7. The minimum atomic E-state index is -0.315. The first-order chi connectivity index (χ1) is 23.4. The highest BCUT2D eigenvalue weighted by atomic mass is 18.2. The Morgan fingerprint density at radius 1 is 0.776 bits per heavy atom. The zero-order chi connectivity index (χ0) is 36.2. The van der Waals surface area contributed by atoms with Gasteiger partial charge in [0, 0.05) is 48.0 Å². The molecule has 0 unspecified atom stereocenters. The normalized spacial score (nSPS) is 10.9. The number of aryl methyl sites for hydroxylation is 3. The third-order valence-corrected chi connectivity index (χ3v) is 6.70. The van der Waals surface area contributed by atoms with Crippen molar-refractivity contribution in [2.24, 2.45) is 0 Å². The molecule has 270 valence electrons. The number of amides is 1. The number of allylic oxidation sites excluding steroid dienone is 1. The number of halogens is 3. The van der Waals surface area contributed by atoms with E-state index in [1.165, 1.54) is 0 Å². The summed E-state index contributed by atoms with van der Waals surface area (Å²) >= 11 is 0. The molecule has 0 aliphatic heterocycles. The van der Waals surface area contributed by atoms with Crippen LogP contribution >= 0.6 is 0 Å². The fourth-order valence-corrected chi connectivity index (χ4v) is 4.37. The summed E-state index contributed by atoms with van der Waals surface area (Å²) in [4.78, 5) is 11.9. The Balaban J connectivity index is 0.000000266. The lowest BCUT2D eigenvalue weighted by Gasteiger charge is -2.11. The van der Waals surface area contributed by atoms with Crippen LogP contribution in [0.3, 0.4) is 0 Å². The number of rotatable bonds is 17. The Hall–Kier alpha value is -4.49. The monoisotopic (exact) mass is 683 g/mol. The molecule has 0 saturated heterocycles. The number of hydrogen-bond donors (Lipinski definition) is 2. The van der Waals surface area contributed by atoms with E-state index < -0.39 is 0 Å². The summed E-state index contributed by atoms with van der Waals surface area (Å²) in [6.07, 6.45) is 10.9. The lowest BCUT2D eigenvalue weighted by Crippen LogP contribution is -2.29. The third-order valence-electron chi connectivity index (χ3n) is 6.70. The quantitative estimate of drug-likeness (QED) is 0.133. The van der Waals surface area contributed by atoms with Gasteiger partial charge in [0.1, 0.15) is 0 Å². The Labute approximate surface area is 288 Å². The maximum atomic E-state index is 12.2. The van der Waals surface area contributed by atoms with Crippen molar-refractivity contribution >= 4 is 5.91 Å². The summed E-state index contributed by atoms with van der Waals surface area (Å²) in [6, 6.07) is 8.05. The van der Waals surface area contributed by atoms with Crippen LogP contribution in [-0.2, 0) is 25.8 Å². The molecule has 3 heterocycles. The second kappa shape index (κ2) is 22.2. The zero-order valence-electron chi connectivity index (χ0n) is 29.7. The molecule has 14 heteroatoms. The van der Waals surface area contributed by atoms with Crippen molar-refractivity contribution in [3.63, 3.8) is 0 Å². The highest BCUT2D eigenvalue weighted by molar-refractivity contribution is 5.94. The number of nitrogens with zero attached hydrogens (tertiary/aromatic N) is 8. The Kier molecular flexibility index (Phi) is 18.4. The fourth-order valence-electron chi connectivity index (χ4n) is 4.37. The van der Waals surface area contributed by atoms with E-state index in [0.29, 0.717) is 62.7 Å². The molecule has 0 atom stereocenters. The topological polar surface area (TPSA) is 120 Å². The van der Waals surface area contributed by atoms with Gasteiger partial charge in [0.15, 0.2) is 0 Å². The third kappa shape index (κ3) is 16.0. The molecule has 0 aliphatic rings. The maximum absolute atomic E-state index is 12.2. The number of carbonyl (C=O) groups is 1. The smallest absolute Gasteiger partial charge is 0.251 e. The first kappa shape index (κ1) is 40.7. The number of carbonyl (C=O) groups excluding carboxylic acids is 1. The van der Waals surface area contributed by atoms with Crippen molar-refractivity contribution in [3.8, 4) is 5.69 Å². The maximum Gasteiger partial charge on any atom is 0.251 e. The lowest BCUT2D eigenvalue weighted by molar-refractivity contribution is 0.0943. The van der Waals surface area contributed by atoms with E-state index in [4.69, 9.17) is 0 Å². The first-order valence-corrected chi connectivity index (χ1v) is 16.8. The van der Waals surface area contributed by atoms with Crippen molar-refractivity contribution in [2.75, 3.05) is 20.0 Å². The van der Waals surface area contributed by atoms with Gasteiger partial charge in [-0.3, -0.25) is 18.0 Å². The van der Waals surface area contributed by atoms with Crippen LogP contribution in [0.5, 0.6) is 0 Å². The summed E-state index contributed by atoms with van der Waals surface area (Å²) in [5, 5.41) is 26.1. The SMILES string of the molecule is C=C(Cn1cc(CCC[18F])nn1)NC(C)C.CC(C)NC(=O)c1ccc(-n2cc(CCC[18F])cn2)cc1.CC(C)n1cc(CCC[18F])nn1. The molecule has 0 bridgehead atoms. The van der Waals surface area contributed by atoms with E-state index in [1.54, 1.807) is 32.4 Å². The van der Waals surface area contributed by atoms with E-state index in [0.717, 1.165) is 28.3 Å². The van der Waals surface area contributed by atoms with Crippen molar-refractivity contribution < 1.29 is 18.0 Å². The van der Waals surface area contributed by atoms with Crippen molar-refractivity contribution in [2.45, 2.75) is 105 Å². The van der Waals surface area contributed by atoms with Crippen LogP contribution in [0.2, 0.25) is 0 Å². The van der Waals surface area contributed by atoms with Gasteiger partial charge in [-0.15, -0.1) is 10.2 Å². The van der Waals surface area contributed by atoms with Gasteiger partial charge in [-0.05, 0) is 110 Å². The van der Waals surface area contributed by atoms with Gasteiger partial charge in [-0.25, -0.2) is 14.0 Å². The molecule has 0 spiro atoms. The minimum Gasteiger partial charge on any atom is -0.385 e. The molecular weight excluding hydrogens is 630 g/mol. The van der Waals surface area contributed by atoms with Crippen molar-refractivity contribution in [1.82, 2.24) is 50.4 Å². The fraction of sp³-hybridized carbons (Fsp3) is 0.543. The molecule has 4 aromatic rings. The summed E-state index contributed by atoms with van der Waals surface area (Å²) < 4.78 is 41.1. The van der Waals surface area contributed by atoms with Crippen LogP contribution in [0, 0.1) is 0 Å². The summed E-state index contributed by atoms with van der Waals surface area (Å²) in [7, 11) is 0. The van der Waals surface area contributed by atoms with Gasteiger partial charge in [0.05, 0.1) is 49.8 Å². The second-order valence-electron chi connectivity index (χ2n) is 12.4. The number of benzene rings is 1. The van der Waals surface area contributed by atoms with Gasteiger partial charge < -0.3 is 10.6 Å². The Morgan fingerprint density at radius 3 is 1.90 bits per heavy atom. The van der Waals surface area contributed by atoms with Gasteiger partial charge in [0.2, 0.25) is 0 Å². The molecule has 0 fully saturated rings. The van der Waals surface area contributed by atoms with Gasteiger partial charge in [-0.2, -0.15) is 5.10 Å². The molecule has 0 radical (unpaired) electrons. The van der Waals surface area contributed by atoms with E-state index >= 15 is 0 Å². The highest BCUT2D eigenvalue weighted by Gasteiger charge is 2.08. The average Bonchev–Trinajstić information content (AvgIpc) is 3.84. The Bertz CT molecular complexity index is 1500. The Morgan fingerprint density at radius 2 is 1.35 bits per heavy atom. The molecular formula is C35H53F3N10O. The van der Waals surface area contributed by atoms with Crippen molar-refractivity contribution in [1.29, 1.82) is 0 Å². The van der Waals surface area contributed by atoms with E-state index in [9.17, 15) is 18.0 Å². The molecule has 0 saturated carbocycles. The van der Waals surface area contributed by atoms with Crippen LogP contribution in [0.1, 0.15) is 94.2 Å². The van der Waals surface area contributed by atoms with E-state index in [-0.39, 0.29) is 32.0 Å². The van der Waals surface area contributed by atoms with Crippen LogP contribution in [0.15, 0.2) is 61.3 Å². The number of aromatic nitrogens is 8. The predicted molar refractivity (Wildman–Crippen MR) is 187 cm³/mol. The molecule has 4 rings (SSSR count). The molecule has 49 heavy (non-hydrogen) atoms. The standard InChI is InChI=1S/C16H20FN3O.C11H19FN4.C8H14FN3/c1-12(2)19-16(21)14-5-7-15(8-6-14)20-11-13(10-18-20)4-3-9-17;1-9(2)13-10(3)7-16-8-11(14-15-16)5-4-6-12;1-7(2)12-6-8(10-11-12)4-3-5-9/h5-8,10-12H,3-4,9H2,1-2H3,(H,19,21);8-9,13H,3-7H2,1-2H3;6-7H,3-5H2,1-2H3/i17-1;12-1;9-1. The number of nitrogens with one attached hydrogen (secondary N) is 2. The van der Waals surface area contributed by atoms with Crippen LogP contribution in [0.4, 0.5) is 13.2 Å². The molecule has 3 aromatic heterocycles. The summed E-state index contributed by atoms with van der Waals surface area (Å²) in [5.41, 5.74) is 5.11. The highest BCUT2D eigenvalue weighted by Crippen LogP contribution is 2.12. The van der Waals surface area contributed by atoms with Crippen LogP contribution in [0.25, 0.3) is 5.69 Å². The van der Waals surface area contributed by atoms with Gasteiger partial charge >= 0.3 is 0 Å². The van der Waals surface area contributed by atoms with Gasteiger partial charge in [0.25, 0.3) is 5.91 Å². The number of alkyl halides is 3. The van der Waals surface area contributed by atoms with Crippen LogP contribution < -0.4 is 10.6 Å². The largest absolute Gasteiger partial charge is 0.385 e. The second-order valence-corrected chi connectivity index (χ2v) is 12.4. The summed E-state index contributed by atoms with van der Waals surface area (Å²) in [6.45, 7) is 15.6. The molecule has 11 nitrogen and oxygen atoms in total. The van der Waals surface area contributed by atoms with E-state index in [1.807, 2.05) is 58.4 Å². The zero-order valence-corrected chi connectivity index (χ0v) is 29.7. The van der Waals surface area contributed by atoms with Crippen molar-refractivity contribution in [3.05, 3.63) is 83.8 Å². The molecule has 1 aromatic carbocycles. The minimum absolute atomic E-state index is 0.0827. The molecule has 2 N–H and O–H groups in total. The first-order valence-electron chi connectivity index (χ1n) is 16.8. The molecule has 1 amide bonds.